The van der Waals surface area contributed by atoms with Crippen LogP contribution in [0.3, 0.4) is 0 Å². The van der Waals surface area contributed by atoms with Crippen molar-refractivity contribution in [2.75, 3.05) is 5.75 Å². The van der Waals surface area contributed by atoms with E-state index in [1.54, 1.807) is 12.1 Å². The number of benzene rings is 3. The number of ketones is 1. The highest BCUT2D eigenvalue weighted by molar-refractivity contribution is 7.91. The molecule has 0 heterocycles. The lowest BCUT2D eigenvalue weighted by molar-refractivity contribution is -0.139. The molecule has 1 atom stereocenters. The maximum absolute atomic E-state index is 12.8. The number of sulfone groups is 1. The maximum atomic E-state index is 12.8. The van der Waals surface area contributed by atoms with E-state index in [1.807, 2.05) is 0 Å². The maximum Gasteiger partial charge on any atom is 0.339 e. The first-order chi connectivity index (χ1) is 20.1. The second-order valence-corrected chi connectivity index (χ2v) is 13.5. The number of sulfonamides is 1. The number of carbonyl (C=O) groups excluding carboxylic acids is 2. The zero-order valence-electron chi connectivity index (χ0n) is 22.1. The van der Waals surface area contributed by atoms with Gasteiger partial charge in [0.2, 0.25) is 10.0 Å². The summed E-state index contributed by atoms with van der Waals surface area (Å²) in [5.41, 5.74) is 0.00176. The fraction of sp³-hybridized carbons (Fsp3) is 0.185. The predicted octanol–water partition coefficient (Wildman–Crippen LogP) is 1.98. The summed E-state index contributed by atoms with van der Waals surface area (Å²) in [4.78, 5) is 47.6. The molecule has 3 rings (SSSR count). The molecule has 0 aromatic heterocycles. The van der Waals surface area contributed by atoms with Gasteiger partial charge in [-0.3, -0.25) is 14.4 Å². The lowest BCUT2D eigenvalue weighted by atomic mass is 10.1. The van der Waals surface area contributed by atoms with Gasteiger partial charge >= 0.3 is 11.9 Å². The minimum atomic E-state index is -4.19. The molecule has 0 saturated carbocycles. The number of rotatable bonds is 14. The molecule has 0 aliphatic heterocycles. The van der Waals surface area contributed by atoms with E-state index in [1.165, 1.54) is 36.4 Å². The summed E-state index contributed by atoms with van der Waals surface area (Å²) in [6.07, 6.45) is -0.868. The van der Waals surface area contributed by atoms with E-state index in [0.717, 1.165) is 18.2 Å². The summed E-state index contributed by atoms with van der Waals surface area (Å²) in [7, 11) is -8.25. The number of carbonyl (C=O) groups is 4. The predicted molar refractivity (Wildman–Crippen MR) is 153 cm³/mol. The molecule has 0 fully saturated rings. The van der Waals surface area contributed by atoms with E-state index in [9.17, 15) is 46.2 Å². The molecule has 43 heavy (non-hydrogen) atoms. The summed E-state index contributed by atoms with van der Waals surface area (Å²) in [6, 6.07) is 12.5. The van der Waals surface area contributed by atoms with Crippen LogP contribution in [0.1, 0.15) is 38.3 Å². The largest absolute Gasteiger partial charge is 0.507 e. The van der Waals surface area contributed by atoms with Gasteiger partial charge in [0.05, 0.1) is 23.1 Å². The van der Waals surface area contributed by atoms with E-state index in [2.05, 4.69) is 10.0 Å². The Balaban J connectivity index is 1.66. The molecule has 0 saturated heterocycles. The number of amides is 1. The molecule has 3 aromatic rings. The zero-order valence-corrected chi connectivity index (χ0v) is 24.4. The smallest absolute Gasteiger partial charge is 0.339 e. The van der Waals surface area contributed by atoms with Crippen LogP contribution in [0.4, 0.5) is 0 Å². The van der Waals surface area contributed by atoms with Gasteiger partial charge in [-0.25, -0.2) is 26.4 Å². The Kier molecular flexibility index (Phi) is 10.6. The summed E-state index contributed by atoms with van der Waals surface area (Å²) < 4.78 is 52.6. The number of halogens is 1. The molecule has 13 nitrogen and oxygen atoms in total. The molecule has 1 unspecified atom stereocenters. The monoisotopic (exact) mass is 652 g/mol. The van der Waals surface area contributed by atoms with Crippen LogP contribution in [0.2, 0.25) is 5.02 Å². The van der Waals surface area contributed by atoms with Gasteiger partial charge in [0, 0.05) is 17.1 Å². The number of aliphatic carboxylic acids is 1. The molecular formula is C27H25ClN2O11S2. The number of hydrogen-bond acceptors (Lipinski definition) is 9. The van der Waals surface area contributed by atoms with Crippen molar-refractivity contribution < 1.29 is 51.3 Å². The van der Waals surface area contributed by atoms with Gasteiger partial charge in [0.15, 0.2) is 15.6 Å². The highest BCUT2D eigenvalue weighted by Crippen LogP contribution is 2.22. The Bertz CT molecular complexity index is 1770. The van der Waals surface area contributed by atoms with E-state index >= 15 is 0 Å². The minimum absolute atomic E-state index is 0.0293. The van der Waals surface area contributed by atoms with E-state index < -0.39 is 83.7 Å². The van der Waals surface area contributed by atoms with Crippen molar-refractivity contribution >= 4 is 55.1 Å². The standard InChI is InChI=1S/C27H25ClN2O11S2/c28-21-4-2-1-3-18(21)14-42(38,39)15-24(32)22(12-25(33)34)30-26(35)17-7-5-16(6-8-17)13-29-43(40,41)19-9-10-23(31)20(11-19)27(36)37/h1-11,22,29,31H,12-15H2,(H,30,35)(H,33,34)(H,36,37). The molecule has 228 valence electrons. The van der Waals surface area contributed by atoms with Gasteiger partial charge < -0.3 is 20.6 Å². The Morgan fingerprint density at radius 1 is 0.884 bits per heavy atom. The molecule has 0 aliphatic rings. The molecular weight excluding hydrogens is 628 g/mol. The average Bonchev–Trinajstić information content (AvgIpc) is 2.92. The Labute approximate surface area is 251 Å². The Morgan fingerprint density at radius 2 is 1.53 bits per heavy atom. The molecule has 16 heteroatoms. The van der Waals surface area contributed by atoms with Crippen molar-refractivity contribution in [3.63, 3.8) is 0 Å². The lowest BCUT2D eigenvalue weighted by Gasteiger charge is -2.16. The van der Waals surface area contributed by atoms with Crippen molar-refractivity contribution in [2.24, 2.45) is 0 Å². The number of carboxylic acids is 2. The Morgan fingerprint density at radius 3 is 2.14 bits per heavy atom. The highest BCUT2D eigenvalue weighted by Gasteiger charge is 2.29. The van der Waals surface area contributed by atoms with E-state index in [4.69, 9.17) is 16.7 Å². The van der Waals surface area contributed by atoms with Gasteiger partial charge in [-0.15, -0.1) is 0 Å². The van der Waals surface area contributed by atoms with Crippen LogP contribution < -0.4 is 10.0 Å². The number of phenols is 1. The van der Waals surface area contributed by atoms with Gasteiger partial charge in [0.1, 0.15) is 17.1 Å². The van der Waals surface area contributed by atoms with Crippen molar-refractivity contribution in [3.8, 4) is 5.75 Å². The number of Topliss-reactive ketones (excluding diaryl/α,β-unsaturated/α-hetero) is 1. The van der Waals surface area contributed by atoms with Crippen LogP contribution in [-0.2, 0) is 41.7 Å². The number of hydrogen-bond donors (Lipinski definition) is 5. The summed E-state index contributed by atoms with van der Waals surface area (Å²) >= 11 is 5.99. The quantitative estimate of drug-likeness (QED) is 0.169. The first-order valence-corrected chi connectivity index (χ1v) is 15.9. The molecule has 1 amide bonds. The average molecular weight is 653 g/mol. The van der Waals surface area contributed by atoms with E-state index in [-0.39, 0.29) is 22.7 Å². The molecule has 3 aromatic carbocycles. The molecule has 0 spiro atoms. The van der Waals surface area contributed by atoms with Crippen LogP contribution >= 0.6 is 11.6 Å². The van der Waals surface area contributed by atoms with Crippen LogP contribution in [0.5, 0.6) is 5.75 Å². The fourth-order valence-corrected chi connectivity index (χ4v) is 6.56. The summed E-state index contributed by atoms with van der Waals surface area (Å²) in [5.74, 6) is -7.08. The first kappa shape index (κ1) is 33.2. The number of nitrogens with one attached hydrogen (secondary N) is 2. The van der Waals surface area contributed by atoms with Crippen molar-refractivity contribution in [1.82, 2.24) is 10.0 Å². The molecule has 0 aliphatic carbocycles. The van der Waals surface area contributed by atoms with Gasteiger partial charge in [-0.05, 0) is 47.5 Å². The first-order valence-electron chi connectivity index (χ1n) is 12.2. The number of carboxylic acid groups (broad SMARTS) is 2. The summed E-state index contributed by atoms with van der Waals surface area (Å²) in [5, 5.41) is 30.3. The second kappa shape index (κ2) is 13.8. The van der Waals surface area contributed by atoms with Gasteiger partial charge in [0.25, 0.3) is 5.91 Å². The SMILES string of the molecule is O=C(O)CC(NC(=O)c1ccc(CNS(=O)(=O)c2ccc(O)c(C(=O)O)c2)cc1)C(=O)CS(=O)(=O)Cc1ccccc1Cl. The van der Waals surface area contributed by atoms with Crippen molar-refractivity contribution in [2.45, 2.75) is 29.7 Å². The Hall–Kier alpha value is -4.31. The third kappa shape index (κ3) is 9.34. The number of aromatic hydroxyl groups is 1. The zero-order chi connectivity index (χ0) is 31.9. The van der Waals surface area contributed by atoms with Gasteiger partial charge in [-0.2, -0.15) is 0 Å². The second-order valence-electron chi connectivity index (χ2n) is 9.22. The van der Waals surface area contributed by atoms with Crippen molar-refractivity contribution in [3.05, 3.63) is 94.0 Å². The normalized spacial score (nSPS) is 12.3. The molecule has 0 bridgehead atoms. The topological polar surface area (TPSA) is 221 Å². The third-order valence-electron chi connectivity index (χ3n) is 5.96. The van der Waals surface area contributed by atoms with Crippen LogP contribution in [0.15, 0.2) is 71.6 Å². The van der Waals surface area contributed by atoms with Crippen molar-refractivity contribution in [1.29, 1.82) is 0 Å². The van der Waals surface area contributed by atoms with Crippen LogP contribution in [0.25, 0.3) is 0 Å². The lowest BCUT2D eigenvalue weighted by Crippen LogP contribution is -2.44. The molecule has 5 N–H and O–H groups in total. The van der Waals surface area contributed by atoms with Gasteiger partial charge in [-0.1, -0.05) is 41.9 Å². The summed E-state index contributed by atoms with van der Waals surface area (Å²) in [6.45, 7) is -0.267. The van der Waals surface area contributed by atoms with Crippen LogP contribution in [0, 0.1) is 0 Å². The fourth-order valence-electron chi connectivity index (χ4n) is 3.77. The minimum Gasteiger partial charge on any atom is -0.507 e. The highest BCUT2D eigenvalue weighted by atomic mass is 35.5. The number of aromatic carboxylic acids is 1. The third-order valence-corrected chi connectivity index (χ3v) is 9.20. The molecule has 0 radical (unpaired) electrons. The van der Waals surface area contributed by atoms with E-state index in [0.29, 0.717) is 5.56 Å². The van der Waals surface area contributed by atoms with Crippen LogP contribution in [-0.4, -0.2) is 67.6 Å².